The van der Waals surface area contributed by atoms with Gasteiger partial charge in [-0.2, -0.15) is 21.4 Å². The van der Waals surface area contributed by atoms with Crippen molar-refractivity contribution >= 4 is 58.9 Å². The summed E-state index contributed by atoms with van der Waals surface area (Å²) in [6.07, 6.45) is 15.0. The highest BCUT2D eigenvalue weighted by molar-refractivity contribution is 7.86. The second kappa shape index (κ2) is 15.1. The van der Waals surface area contributed by atoms with Crippen molar-refractivity contribution in [1.82, 2.24) is 4.65 Å². The van der Waals surface area contributed by atoms with Crippen molar-refractivity contribution in [1.29, 1.82) is 0 Å². The van der Waals surface area contributed by atoms with Gasteiger partial charge >= 0.3 is 0 Å². The van der Waals surface area contributed by atoms with Crippen molar-refractivity contribution in [2.75, 3.05) is 24.6 Å². The first-order valence-electron chi connectivity index (χ1n) is 18.4. The molecule has 2 aliphatic rings. The molecular weight excluding hydrogens is 721 g/mol. The topological polar surface area (TPSA) is 135 Å². The molecule has 1 unspecified atom stereocenters. The Morgan fingerprint density at radius 1 is 0.685 bits per heavy atom. The zero-order valence-electron chi connectivity index (χ0n) is 31.3. The van der Waals surface area contributed by atoms with Gasteiger partial charge in [-0.25, -0.2) is 0 Å². The molecule has 6 rings (SSSR count). The molecule has 4 aromatic carbocycles. The van der Waals surface area contributed by atoms with Gasteiger partial charge in [-0.15, -0.1) is 0 Å². The second-order valence-corrected chi connectivity index (χ2v) is 18.4. The van der Waals surface area contributed by atoms with Crippen molar-refractivity contribution < 1.29 is 30.5 Å². The first-order chi connectivity index (χ1) is 25.5. The van der Waals surface area contributed by atoms with Crippen molar-refractivity contribution in [2.24, 2.45) is 0 Å². The van der Waals surface area contributed by atoms with E-state index in [-0.39, 0.29) is 29.9 Å². The summed E-state index contributed by atoms with van der Waals surface area (Å²) in [6.45, 7) is 9.23. The lowest BCUT2D eigenvalue weighted by molar-refractivity contribution is -0.438. The van der Waals surface area contributed by atoms with Crippen molar-refractivity contribution in [2.45, 2.75) is 64.2 Å². The molecule has 0 saturated carbocycles. The van der Waals surface area contributed by atoms with E-state index in [1.165, 1.54) is 10.9 Å². The highest BCUT2D eigenvalue weighted by atomic mass is 32.2. The average Bonchev–Trinajstić information content (AvgIpc) is 3.43. The molecule has 1 atom stereocenters. The molecule has 11 heteroatoms. The van der Waals surface area contributed by atoms with Gasteiger partial charge < -0.3 is 5.21 Å². The third-order valence-corrected chi connectivity index (χ3v) is 12.4. The van der Waals surface area contributed by atoms with E-state index in [4.69, 9.17) is 0 Å². The number of hydroxylamine groups is 2. The Balaban J connectivity index is 1.28. The number of hydrogen-bond donors (Lipinski definition) is 2. The van der Waals surface area contributed by atoms with Crippen LogP contribution in [0, 0.1) is 5.21 Å². The maximum atomic E-state index is 15.1. The fraction of sp³-hybridized carbons (Fsp3) is 0.326. The van der Waals surface area contributed by atoms with Crippen LogP contribution in [0.2, 0.25) is 0 Å². The summed E-state index contributed by atoms with van der Waals surface area (Å²) in [5.41, 5.74) is 4.73. The maximum Gasteiger partial charge on any atom is 0.264 e. The summed E-state index contributed by atoms with van der Waals surface area (Å²) in [7, 11) is -8.15. The van der Waals surface area contributed by atoms with E-state index in [2.05, 4.69) is 48.8 Å². The van der Waals surface area contributed by atoms with Gasteiger partial charge in [0.15, 0.2) is 5.71 Å². The number of nitrogens with zero attached hydrogens (tertiary/aromatic N) is 2. The SMILES string of the molecule is CC1(C)C(/C=C/C=C/C=C/C=C2\C(C)(C)c3ccc4ccccc4c3[N+]2([O-])CCCCS(=O)(=O)O)=[N+](CCCCS(=O)(=O)O)c2ccc3ccccc3c21. The Morgan fingerprint density at radius 2 is 1.26 bits per heavy atom. The molecular formula is C43H49N2O7S2+. The zero-order chi connectivity index (χ0) is 38.9. The van der Waals surface area contributed by atoms with Crippen LogP contribution < -0.4 is 4.65 Å². The van der Waals surface area contributed by atoms with Gasteiger partial charge in [0.25, 0.3) is 20.2 Å². The van der Waals surface area contributed by atoms with Gasteiger partial charge in [-0.1, -0.05) is 85.0 Å². The molecule has 0 bridgehead atoms. The van der Waals surface area contributed by atoms with Crippen molar-refractivity contribution in [3.05, 3.63) is 137 Å². The third-order valence-electron chi connectivity index (χ3n) is 10.8. The molecule has 0 radical (unpaired) electrons. The molecule has 2 N–H and O–H groups in total. The average molecular weight is 770 g/mol. The van der Waals surface area contributed by atoms with Crippen LogP contribution in [0.3, 0.4) is 0 Å². The highest BCUT2D eigenvalue weighted by Crippen LogP contribution is 2.55. The molecule has 0 aromatic heterocycles. The lowest BCUT2D eigenvalue weighted by atomic mass is 9.79. The van der Waals surface area contributed by atoms with E-state index in [9.17, 15) is 25.9 Å². The van der Waals surface area contributed by atoms with E-state index in [0.717, 1.165) is 33.1 Å². The minimum absolute atomic E-state index is 0.136. The minimum atomic E-state index is -4.13. The van der Waals surface area contributed by atoms with Gasteiger partial charge in [-0.3, -0.25) is 13.8 Å². The molecule has 0 fully saturated rings. The molecule has 2 heterocycles. The Labute approximate surface area is 319 Å². The molecule has 0 spiro atoms. The van der Waals surface area contributed by atoms with E-state index in [1.54, 1.807) is 0 Å². The Kier molecular flexibility index (Phi) is 11.1. The normalized spacial score (nSPS) is 20.4. The molecule has 0 amide bonds. The number of allylic oxidation sites excluding steroid dienone is 8. The number of quaternary nitrogens is 1. The van der Waals surface area contributed by atoms with E-state index >= 15 is 5.21 Å². The molecule has 4 aromatic rings. The van der Waals surface area contributed by atoms with Crippen LogP contribution in [0.5, 0.6) is 0 Å². The van der Waals surface area contributed by atoms with Gasteiger partial charge in [0.2, 0.25) is 5.69 Å². The monoisotopic (exact) mass is 769 g/mol. The summed E-state index contributed by atoms with van der Waals surface area (Å²) in [6, 6.07) is 24.4. The van der Waals surface area contributed by atoms with Gasteiger partial charge in [0.05, 0.1) is 28.9 Å². The standard InChI is InChI=1S/C43H48N2O7S2/c1-42(2)36-26-24-33-19-11-13-21-35(33)41(36)45(46,29-15-17-31-54(50,51)52)39(42)23-9-7-5-6-8-22-38-43(3,4)40-34-20-12-10-18-32(34)25-27-37(40)44(38)28-14-16-30-53(47,48)49/h5-13,18-27H,14-17,28-31H2,1-4H3,(H-,47,48,49,50,51,52)/p+1/b6-5+,9-7+,22-8+,39-23+. The predicted molar refractivity (Wildman–Crippen MR) is 221 cm³/mol. The van der Waals surface area contributed by atoms with Crippen molar-refractivity contribution in [3.63, 3.8) is 0 Å². The fourth-order valence-electron chi connectivity index (χ4n) is 8.35. The van der Waals surface area contributed by atoms with E-state index < -0.39 is 30.3 Å². The molecule has 2 aliphatic heterocycles. The maximum absolute atomic E-state index is 15.1. The summed E-state index contributed by atoms with van der Waals surface area (Å²) in [5, 5.41) is 19.2. The lowest BCUT2D eigenvalue weighted by Crippen LogP contribution is -2.43. The molecule has 9 nitrogen and oxygen atoms in total. The largest absolute Gasteiger partial charge is 0.622 e. The fourth-order valence-corrected chi connectivity index (χ4v) is 9.49. The molecule has 0 aliphatic carbocycles. The highest BCUT2D eigenvalue weighted by Gasteiger charge is 2.50. The Bertz CT molecular complexity index is 2480. The second-order valence-electron chi connectivity index (χ2n) is 15.3. The van der Waals surface area contributed by atoms with Crippen LogP contribution >= 0.6 is 0 Å². The molecule has 54 heavy (non-hydrogen) atoms. The lowest BCUT2D eigenvalue weighted by Gasteiger charge is -2.42. The predicted octanol–water partition coefficient (Wildman–Crippen LogP) is 9.05. The number of unbranched alkanes of at least 4 members (excludes halogenated alkanes) is 2. The number of hydrogen-bond acceptors (Lipinski definition) is 5. The number of benzene rings is 4. The first-order valence-corrected chi connectivity index (χ1v) is 21.6. The smallest absolute Gasteiger partial charge is 0.264 e. The van der Waals surface area contributed by atoms with Crippen LogP contribution in [0.4, 0.5) is 11.4 Å². The number of fused-ring (bicyclic) bond motifs is 6. The van der Waals surface area contributed by atoms with Crippen LogP contribution in [0.1, 0.15) is 64.5 Å². The zero-order valence-corrected chi connectivity index (χ0v) is 32.9. The van der Waals surface area contributed by atoms with E-state index in [1.807, 2.05) is 98.8 Å². The van der Waals surface area contributed by atoms with Gasteiger partial charge in [-0.05, 0) is 81.3 Å². The van der Waals surface area contributed by atoms with Gasteiger partial charge in [0, 0.05) is 35.1 Å². The van der Waals surface area contributed by atoms with E-state index in [0.29, 0.717) is 37.2 Å². The molecule has 284 valence electrons. The summed E-state index contributed by atoms with van der Waals surface area (Å²) < 4.78 is 65.7. The Morgan fingerprint density at radius 3 is 1.94 bits per heavy atom. The quantitative estimate of drug-likeness (QED) is 0.0326. The van der Waals surface area contributed by atoms with Gasteiger partial charge in [0.1, 0.15) is 17.9 Å². The first kappa shape index (κ1) is 39.5. The van der Waals surface area contributed by atoms with Crippen LogP contribution in [-0.4, -0.2) is 60.8 Å². The van der Waals surface area contributed by atoms with Crippen LogP contribution in [0.25, 0.3) is 21.5 Å². The third kappa shape index (κ3) is 7.93. The summed E-state index contributed by atoms with van der Waals surface area (Å²) >= 11 is 0. The summed E-state index contributed by atoms with van der Waals surface area (Å²) in [4.78, 5) is 0. The summed E-state index contributed by atoms with van der Waals surface area (Å²) in [5.74, 6) is -0.660. The Hall–Kier alpha value is -4.23. The van der Waals surface area contributed by atoms with Crippen molar-refractivity contribution in [3.8, 4) is 0 Å². The molecule has 0 saturated heterocycles. The number of rotatable bonds is 14. The van der Waals surface area contributed by atoms with Crippen LogP contribution in [-0.2, 0) is 31.1 Å². The minimum Gasteiger partial charge on any atom is -0.622 e. The van der Waals surface area contributed by atoms with Crippen LogP contribution in [0.15, 0.2) is 121 Å².